The number of carbonyl (C=O) groups is 1. The Morgan fingerprint density at radius 3 is 2.05 bits per heavy atom. The smallest absolute Gasteiger partial charge is 0.305 e. The van der Waals surface area contributed by atoms with Gasteiger partial charge in [-0.05, 0) is 30.2 Å². The molecule has 0 aliphatic heterocycles. The molecule has 0 saturated carbocycles. The van der Waals surface area contributed by atoms with Crippen molar-refractivity contribution in [3.63, 3.8) is 0 Å². The monoisotopic (exact) mass is 579 g/mol. The highest BCUT2D eigenvalue weighted by Gasteiger charge is 2.22. The van der Waals surface area contributed by atoms with Gasteiger partial charge in [0.25, 0.3) is 0 Å². The number of halogens is 1. The molecule has 0 amide bonds. The zero-order chi connectivity index (χ0) is 29.2. The van der Waals surface area contributed by atoms with Crippen LogP contribution in [0.3, 0.4) is 0 Å². The highest BCUT2D eigenvalue weighted by atomic mass is 32.2. The third-order valence-corrected chi connectivity index (χ3v) is 6.45. The van der Waals surface area contributed by atoms with Gasteiger partial charge in [0.1, 0.15) is 5.82 Å². The van der Waals surface area contributed by atoms with Gasteiger partial charge < -0.3 is 20.8 Å². The Morgan fingerprint density at radius 2 is 1.60 bits per heavy atom. The van der Waals surface area contributed by atoms with E-state index in [0.29, 0.717) is 22.5 Å². The minimum absolute atomic E-state index is 0. The zero-order valence-corrected chi connectivity index (χ0v) is 23.3. The molecule has 14 heteroatoms. The summed E-state index contributed by atoms with van der Waals surface area (Å²) in [5, 5.41) is 28.8. The predicted octanol–water partition coefficient (Wildman–Crippen LogP) is 2.05. The molecule has 2 heterocycles. The molecule has 5 N–H and O–H groups in total. The Labute approximate surface area is 232 Å². The van der Waals surface area contributed by atoms with Crippen molar-refractivity contribution in [2.75, 3.05) is 17.6 Å². The maximum Gasteiger partial charge on any atom is 0.305 e. The number of hydrogen-bond acceptors (Lipinski definition) is 9. The Kier molecular flexibility index (Phi) is 13.4. The lowest BCUT2D eigenvalue weighted by Crippen LogP contribution is -2.27. The molecule has 0 bridgehead atoms. The van der Waals surface area contributed by atoms with Crippen LogP contribution in [0.5, 0.6) is 0 Å². The number of benzene rings is 1. The summed E-state index contributed by atoms with van der Waals surface area (Å²) < 4.78 is 38.6. The van der Waals surface area contributed by atoms with E-state index in [2.05, 4.69) is 19.9 Å². The number of aliphatic hydroxyl groups is 2. The van der Waals surface area contributed by atoms with E-state index in [1.807, 2.05) is 13.8 Å². The average molecular weight is 580 g/mol. The molecule has 3 rings (SSSR count). The first-order valence-corrected chi connectivity index (χ1v) is 13.7. The van der Waals surface area contributed by atoms with Crippen LogP contribution < -0.4 is 4.31 Å². The van der Waals surface area contributed by atoms with Gasteiger partial charge in [-0.2, -0.15) is 0 Å². The topological polar surface area (TPSA) is 198 Å². The number of anilines is 1. The predicted molar refractivity (Wildman–Crippen MR) is 148 cm³/mol. The number of carboxylic acid groups (broad SMARTS) is 1. The highest BCUT2D eigenvalue weighted by molar-refractivity contribution is 7.92. The minimum Gasteiger partial charge on any atom is -0.481 e. The van der Waals surface area contributed by atoms with Crippen molar-refractivity contribution in [3.05, 3.63) is 72.2 Å². The average Bonchev–Trinajstić information content (AvgIpc) is 2.87. The van der Waals surface area contributed by atoms with Crippen LogP contribution in [0.15, 0.2) is 55.1 Å². The second kappa shape index (κ2) is 15.7. The van der Waals surface area contributed by atoms with Gasteiger partial charge in [-0.1, -0.05) is 26.0 Å². The normalized spacial score (nSPS) is 12.7. The fourth-order valence-electron chi connectivity index (χ4n) is 3.30. The van der Waals surface area contributed by atoms with Crippen LogP contribution in [-0.2, 0) is 14.8 Å². The molecule has 0 radical (unpaired) electrons. The molecular formula is C26H34FN5O7S. The molecule has 0 saturated heterocycles. The SMILES string of the molecule is CC(C)c1nc(N(C)S(C)(=O)=O)nc(-c2ccc(F)cc2)c1/C=C/[C@@H](O)C[C@@H](O)CC(=O)O.O.c1cnccn1. The van der Waals surface area contributed by atoms with E-state index in [4.69, 9.17) is 5.11 Å². The molecule has 2 atom stereocenters. The van der Waals surface area contributed by atoms with E-state index in [-0.39, 0.29) is 23.8 Å². The Hall–Kier alpha value is -3.85. The van der Waals surface area contributed by atoms with Gasteiger partial charge in [0.05, 0.1) is 36.3 Å². The molecule has 1 aromatic carbocycles. The fraction of sp³-hybridized carbons (Fsp3) is 0.346. The lowest BCUT2D eigenvalue weighted by Gasteiger charge is -2.20. The molecule has 0 fully saturated rings. The summed E-state index contributed by atoms with van der Waals surface area (Å²) >= 11 is 0. The molecule has 40 heavy (non-hydrogen) atoms. The lowest BCUT2D eigenvalue weighted by atomic mass is 9.97. The summed E-state index contributed by atoms with van der Waals surface area (Å²) in [6, 6.07) is 5.49. The Bertz CT molecular complexity index is 1330. The number of rotatable bonds is 10. The van der Waals surface area contributed by atoms with Crippen molar-refractivity contribution in [1.29, 1.82) is 0 Å². The van der Waals surface area contributed by atoms with Crippen LogP contribution in [0, 0.1) is 5.82 Å². The fourth-order valence-corrected chi connectivity index (χ4v) is 3.68. The van der Waals surface area contributed by atoms with Crippen molar-refractivity contribution >= 4 is 28.0 Å². The molecule has 218 valence electrons. The Morgan fingerprint density at radius 1 is 1.05 bits per heavy atom. The molecule has 0 unspecified atom stereocenters. The molecular weight excluding hydrogens is 545 g/mol. The van der Waals surface area contributed by atoms with Crippen molar-refractivity contribution in [2.45, 2.75) is 44.8 Å². The third-order valence-electron chi connectivity index (χ3n) is 5.29. The van der Waals surface area contributed by atoms with E-state index in [9.17, 15) is 27.8 Å². The van der Waals surface area contributed by atoms with Crippen LogP contribution in [0.25, 0.3) is 17.3 Å². The van der Waals surface area contributed by atoms with E-state index in [1.165, 1.54) is 43.5 Å². The summed E-state index contributed by atoms with van der Waals surface area (Å²) in [4.78, 5) is 27.0. The van der Waals surface area contributed by atoms with Gasteiger partial charge in [0.2, 0.25) is 16.0 Å². The number of hydrogen-bond donors (Lipinski definition) is 3. The van der Waals surface area contributed by atoms with Crippen LogP contribution in [0.1, 0.15) is 43.9 Å². The first kappa shape index (κ1) is 34.2. The van der Waals surface area contributed by atoms with Crippen molar-refractivity contribution in [1.82, 2.24) is 19.9 Å². The van der Waals surface area contributed by atoms with Gasteiger partial charge in [-0.25, -0.2) is 27.1 Å². The van der Waals surface area contributed by atoms with Crippen molar-refractivity contribution in [3.8, 4) is 11.3 Å². The lowest BCUT2D eigenvalue weighted by molar-refractivity contribution is -0.139. The molecule has 2 aromatic heterocycles. The number of aliphatic hydroxyl groups excluding tert-OH is 2. The first-order chi connectivity index (χ1) is 18.3. The van der Waals surface area contributed by atoms with E-state index in [1.54, 1.807) is 24.8 Å². The largest absolute Gasteiger partial charge is 0.481 e. The Balaban J connectivity index is 0.00000101. The van der Waals surface area contributed by atoms with Gasteiger partial charge in [-0.15, -0.1) is 0 Å². The second-order valence-corrected chi connectivity index (χ2v) is 10.9. The molecule has 3 aromatic rings. The van der Waals surface area contributed by atoms with Gasteiger partial charge in [0, 0.05) is 49.4 Å². The maximum absolute atomic E-state index is 13.5. The first-order valence-electron chi connectivity index (χ1n) is 11.9. The van der Waals surface area contributed by atoms with Gasteiger partial charge >= 0.3 is 5.97 Å². The zero-order valence-electron chi connectivity index (χ0n) is 22.5. The van der Waals surface area contributed by atoms with E-state index < -0.39 is 40.4 Å². The van der Waals surface area contributed by atoms with Crippen molar-refractivity contribution in [2.24, 2.45) is 0 Å². The van der Waals surface area contributed by atoms with E-state index >= 15 is 0 Å². The molecule has 0 aliphatic carbocycles. The van der Waals surface area contributed by atoms with E-state index in [0.717, 1.165) is 10.6 Å². The number of aromatic nitrogens is 4. The minimum atomic E-state index is -3.65. The van der Waals surface area contributed by atoms with Crippen LogP contribution in [0.4, 0.5) is 10.3 Å². The molecule has 0 aliphatic rings. The third kappa shape index (κ3) is 10.7. The standard InChI is InChI=1S/C22H28FN3O6S.C4H4N2.H2O/c1-13(2)20-18(10-9-16(27)11-17(28)12-19(29)30)21(14-5-7-15(23)8-6-14)25-22(24-20)26(3)33(4,31)32;1-2-6-4-3-5-1;/h5-10,13,16-17,27-28H,11-12H2,1-4H3,(H,29,30);1-4H;1H2/b10-9+;;/t16-,17-;;/m1../s1. The maximum atomic E-state index is 13.5. The summed E-state index contributed by atoms with van der Waals surface area (Å²) in [6.45, 7) is 3.71. The van der Waals surface area contributed by atoms with Crippen LogP contribution in [0.2, 0.25) is 0 Å². The van der Waals surface area contributed by atoms with Gasteiger partial charge in [0.15, 0.2) is 0 Å². The number of sulfonamides is 1. The number of carboxylic acids is 1. The van der Waals surface area contributed by atoms with Crippen molar-refractivity contribution < 1.29 is 38.4 Å². The summed E-state index contributed by atoms with van der Waals surface area (Å²) in [5.74, 6) is -1.87. The number of nitrogens with zero attached hydrogens (tertiary/aromatic N) is 5. The summed E-state index contributed by atoms with van der Waals surface area (Å²) in [7, 11) is -2.33. The van der Waals surface area contributed by atoms with Gasteiger partial charge in [-0.3, -0.25) is 14.8 Å². The van der Waals surface area contributed by atoms with Crippen LogP contribution in [-0.4, -0.2) is 80.6 Å². The quantitative estimate of drug-likeness (QED) is 0.319. The highest BCUT2D eigenvalue weighted by Crippen LogP contribution is 2.31. The van der Waals surface area contributed by atoms with Crippen LogP contribution >= 0.6 is 0 Å². The molecule has 0 spiro atoms. The molecule has 12 nitrogen and oxygen atoms in total. The summed E-state index contributed by atoms with van der Waals surface area (Å²) in [6.07, 6.45) is 7.42. The second-order valence-electron chi connectivity index (χ2n) is 8.87. The number of aliphatic carboxylic acids is 1. The summed E-state index contributed by atoms with van der Waals surface area (Å²) in [5.41, 5.74) is 1.80.